The maximum absolute atomic E-state index is 11.1. The molecule has 1 aliphatic rings. The van der Waals surface area contributed by atoms with E-state index in [1.807, 2.05) is 20.8 Å². The molecular formula is C9H17BO4. The van der Waals surface area contributed by atoms with E-state index in [1.54, 1.807) is 0 Å². The van der Waals surface area contributed by atoms with Crippen molar-refractivity contribution in [3.63, 3.8) is 0 Å². The molecule has 1 aliphatic heterocycles. The molecule has 0 aromatic heterocycles. The molecule has 0 radical (unpaired) electrons. The van der Waals surface area contributed by atoms with Gasteiger partial charge in [-0.2, -0.15) is 0 Å². The van der Waals surface area contributed by atoms with E-state index in [2.05, 4.69) is 0 Å². The van der Waals surface area contributed by atoms with Gasteiger partial charge in [-0.25, -0.2) is 9.68 Å². The van der Waals surface area contributed by atoms with Crippen LogP contribution in [-0.2, 0) is 19.2 Å². The zero-order valence-electron chi connectivity index (χ0n) is 8.99. The zero-order valence-corrected chi connectivity index (χ0v) is 8.99. The Labute approximate surface area is 84.9 Å². The number of ether oxygens (including phenoxy) is 1. The third kappa shape index (κ3) is 2.99. The first-order valence-corrected chi connectivity index (χ1v) is 5.20. The topological polar surface area (TPSA) is 44.8 Å². The molecule has 0 aromatic carbocycles. The van der Waals surface area contributed by atoms with E-state index in [4.69, 9.17) is 14.4 Å². The largest absolute Gasteiger partial charge is 0.461 e. The lowest BCUT2D eigenvalue weighted by molar-refractivity contribution is -0.245. The number of carbonyl (C=O) groups is 1. The van der Waals surface area contributed by atoms with Gasteiger partial charge >= 0.3 is 12.9 Å². The molecule has 0 aromatic rings. The molecule has 5 heteroatoms. The number of rotatable bonds is 5. The minimum atomic E-state index is -0.536. The van der Waals surface area contributed by atoms with Crippen molar-refractivity contribution in [1.29, 1.82) is 0 Å². The van der Waals surface area contributed by atoms with Gasteiger partial charge in [-0.1, -0.05) is 13.8 Å². The molecule has 0 N–H and O–H groups in total. The second-order valence-corrected chi connectivity index (χ2v) is 3.60. The molecule has 0 spiro atoms. The third-order valence-corrected chi connectivity index (χ3v) is 2.34. The highest BCUT2D eigenvalue weighted by Crippen LogP contribution is 2.18. The van der Waals surface area contributed by atoms with Crippen molar-refractivity contribution in [3.8, 4) is 0 Å². The average molecular weight is 200 g/mol. The van der Waals surface area contributed by atoms with Crippen LogP contribution >= 0.6 is 0 Å². The molecule has 14 heavy (non-hydrogen) atoms. The molecule has 80 valence electrons. The summed E-state index contributed by atoms with van der Waals surface area (Å²) in [5.41, 5.74) is 0. The van der Waals surface area contributed by atoms with Crippen LogP contribution in [0.25, 0.3) is 0 Å². The maximum Gasteiger partial charge on any atom is 0.339 e. The van der Waals surface area contributed by atoms with Crippen LogP contribution in [0.3, 0.4) is 0 Å². The summed E-state index contributed by atoms with van der Waals surface area (Å²) < 4.78 is 4.93. The lowest BCUT2D eigenvalue weighted by atomic mass is 9.63. The summed E-state index contributed by atoms with van der Waals surface area (Å²) in [6.07, 6.45) is 1.75. The van der Waals surface area contributed by atoms with Crippen molar-refractivity contribution < 1.29 is 19.2 Å². The fourth-order valence-corrected chi connectivity index (χ4v) is 1.37. The second-order valence-electron chi connectivity index (χ2n) is 3.60. The van der Waals surface area contributed by atoms with Crippen molar-refractivity contribution in [2.24, 2.45) is 0 Å². The van der Waals surface area contributed by atoms with Crippen LogP contribution in [0.2, 0.25) is 12.6 Å². The molecule has 1 rings (SSSR count). The summed E-state index contributed by atoms with van der Waals surface area (Å²) in [7, 11) is 0. The third-order valence-electron chi connectivity index (χ3n) is 2.34. The van der Waals surface area contributed by atoms with E-state index < -0.39 is 6.10 Å². The first kappa shape index (κ1) is 11.5. The quantitative estimate of drug-likeness (QED) is 0.293. The van der Waals surface area contributed by atoms with Gasteiger partial charge in [0.15, 0.2) is 6.10 Å². The van der Waals surface area contributed by atoms with Crippen LogP contribution in [-0.4, -0.2) is 25.1 Å². The van der Waals surface area contributed by atoms with Gasteiger partial charge in [0.05, 0.1) is 0 Å². The molecule has 1 saturated heterocycles. The van der Waals surface area contributed by atoms with Gasteiger partial charge < -0.3 is 9.54 Å². The van der Waals surface area contributed by atoms with E-state index in [0.717, 1.165) is 12.6 Å². The Morgan fingerprint density at radius 3 is 2.57 bits per heavy atom. The first-order valence-electron chi connectivity index (χ1n) is 5.20. The Balaban J connectivity index is 2.27. The molecule has 1 heterocycles. The summed E-state index contributed by atoms with van der Waals surface area (Å²) in [6, 6.07) is 0. The highest BCUT2D eigenvalue weighted by molar-refractivity contribution is 6.51. The van der Waals surface area contributed by atoms with Crippen molar-refractivity contribution in [2.45, 2.75) is 52.0 Å². The van der Waals surface area contributed by atoms with Gasteiger partial charge in [-0.3, -0.25) is 0 Å². The van der Waals surface area contributed by atoms with Crippen molar-refractivity contribution in [2.75, 3.05) is 0 Å². The molecule has 4 nitrogen and oxygen atoms in total. The Morgan fingerprint density at radius 2 is 2.14 bits per heavy atom. The zero-order chi connectivity index (χ0) is 10.6. The predicted molar refractivity (Wildman–Crippen MR) is 52.8 cm³/mol. The number of carbonyl (C=O) groups excluding carboxylic acids is 1. The van der Waals surface area contributed by atoms with Crippen LogP contribution in [0.5, 0.6) is 0 Å². The lowest BCUT2D eigenvalue weighted by Gasteiger charge is -2.11. The summed E-state index contributed by atoms with van der Waals surface area (Å²) in [5.74, 6) is -0.316. The van der Waals surface area contributed by atoms with E-state index in [0.29, 0.717) is 6.42 Å². The van der Waals surface area contributed by atoms with Gasteiger partial charge in [-0.05, 0) is 19.6 Å². The molecule has 2 unspecified atom stereocenters. The van der Waals surface area contributed by atoms with Gasteiger partial charge in [0.2, 0.25) is 0 Å². The normalized spacial score (nSPS) is 26.4. The summed E-state index contributed by atoms with van der Waals surface area (Å²) in [5, 5.41) is 0. The molecule has 2 atom stereocenters. The molecule has 0 bridgehead atoms. The van der Waals surface area contributed by atoms with Crippen molar-refractivity contribution in [1.82, 2.24) is 0 Å². The van der Waals surface area contributed by atoms with Gasteiger partial charge in [0, 0.05) is 6.42 Å². The molecule has 0 saturated carbocycles. The number of hydrogen-bond acceptors (Lipinski definition) is 4. The Bertz CT molecular complexity index is 193. The van der Waals surface area contributed by atoms with Gasteiger partial charge in [0.25, 0.3) is 0 Å². The van der Waals surface area contributed by atoms with Crippen LogP contribution in [0.15, 0.2) is 0 Å². The minimum Gasteiger partial charge on any atom is -0.461 e. The Kier molecular flexibility index (Phi) is 4.42. The van der Waals surface area contributed by atoms with Crippen molar-refractivity contribution in [3.05, 3.63) is 0 Å². The number of esters is 1. The molecular weight excluding hydrogens is 183 g/mol. The van der Waals surface area contributed by atoms with Crippen molar-refractivity contribution >= 4 is 12.9 Å². The fraction of sp³-hybridized carbons (Fsp3) is 0.889. The second kappa shape index (κ2) is 5.36. The van der Waals surface area contributed by atoms with E-state index in [1.165, 1.54) is 0 Å². The Hall–Kier alpha value is -0.545. The smallest absolute Gasteiger partial charge is 0.339 e. The SMILES string of the molecule is CCB(CC)OOC1CC(C)OC1=O. The maximum atomic E-state index is 11.1. The fourth-order valence-electron chi connectivity index (χ4n) is 1.37. The number of hydrogen-bond donors (Lipinski definition) is 0. The van der Waals surface area contributed by atoms with E-state index >= 15 is 0 Å². The lowest BCUT2D eigenvalue weighted by Crippen LogP contribution is -2.24. The van der Waals surface area contributed by atoms with E-state index in [9.17, 15) is 4.79 Å². The molecule has 0 amide bonds. The molecule has 1 fully saturated rings. The standard InChI is InChI=1S/C9H17BO4/c1-4-10(5-2)14-13-8-6-7(3)12-9(8)11/h7-8H,4-6H2,1-3H3. The van der Waals surface area contributed by atoms with Crippen LogP contribution in [0.1, 0.15) is 27.2 Å². The molecule has 0 aliphatic carbocycles. The summed E-state index contributed by atoms with van der Waals surface area (Å²) in [4.78, 5) is 21.3. The van der Waals surface area contributed by atoms with Crippen LogP contribution in [0.4, 0.5) is 0 Å². The average Bonchev–Trinajstić information content (AvgIpc) is 2.47. The predicted octanol–water partition coefficient (Wildman–Crippen LogP) is 1.67. The summed E-state index contributed by atoms with van der Waals surface area (Å²) >= 11 is 0. The number of cyclic esters (lactones) is 1. The summed E-state index contributed by atoms with van der Waals surface area (Å²) in [6.45, 7) is 5.96. The van der Waals surface area contributed by atoms with Gasteiger partial charge in [-0.15, -0.1) is 0 Å². The van der Waals surface area contributed by atoms with Crippen LogP contribution < -0.4 is 0 Å². The van der Waals surface area contributed by atoms with E-state index in [-0.39, 0.29) is 19.0 Å². The van der Waals surface area contributed by atoms with Crippen LogP contribution in [0, 0.1) is 0 Å². The minimum absolute atomic E-state index is 0.0576. The highest BCUT2D eigenvalue weighted by Gasteiger charge is 2.34. The highest BCUT2D eigenvalue weighted by atomic mass is 17.2. The monoisotopic (exact) mass is 200 g/mol. The first-order chi connectivity index (χ1) is 6.67. The van der Waals surface area contributed by atoms with Gasteiger partial charge in [0.1, 0.15) is 6.10 Å². The Morgan fingerprint density at radius 1 is 1.50 bits per heavy atom.